The zero-order chi connectivity index (χ0) is 26.9. The molecule has 0 bridgehead atoms. The number of phenols is 1. The van der Waals surface area contributed by atoms with Crippen molar-refractivity contribution in [2.45, 2.75) is 63.1 Å². The van der Waals surface area contributed by atoms with E-state index in [9.17, 15) is 44.4 Å². The number of carbonyl (C=O) groups excluding carboxylic acids is 3. The highest BCUT2D eigenvalue weighted by atomic mass is 16.4. The summed E-state index contributed by atoms with van der Waals surface area (Å²) in [4.78, 5) is 60.2. The lowest BCUT2D eigenvalue weighted by Crippen LogP contribution is -2.60. The number of aromatic hydroxyl groups is 1. The predicted octanol–water partition coefficient (Wildman–Crippen LogP) is -2.96. The van der Waals surface area contributed by atoms with Gasteiger partial charge < -0.3 is 47.2 Å². The molecule has 0 aliphatic carbocycles. The Morgan fingerprint density at radius 2 is 1.37 bits per heavy atom. The first-order valence-corrected chi connectivity index (χ1v) is 10.5. The number of aliphatic hydroxyl groups excluding tert-OH is 2. The topological polar surface area (TPSA) is 249 Å². The van der Waals surface area contributed by atoms with Gasteiger partial charge in [-0.25, -0.2) is 4.79 Å². The number of aliphatic carboxylic acids is 2. The maximum Gasteiger partial charge on any atom is 0.326 e. The molecule has 0 aromatic heterocycles. The van der Waals surface area contributed by atoms with Gasteiger partial charge in [-0.1, -0.05) is 12.1 Å². The third kappa shape index (κ3) is 9.56. The molecule has 10 N–H and O–H groups in total. The minimum atomic E-state index is -1.72. The molecule has 0 heterocycles. The van der Waals surface area contributed by atoms with Gasteiger partial charge in [-0.15, -0.1) is 0 Å². The number of nitrogens with two attached hydrogens (primary N) is 1. The summed E-state index contributed by atoms with van der Waals surface area (Å²) >= 11 is 0. The van der Waals surface area contributed by atoms with Gasteiger partial charge in [-0.05, 0) is 31.5 Å². The highest BCUT2D eigenvalue weighted by Gasteiger charge is 2.34. The average molecular weight is 498 g/mol. The van der Waals surface area contributed by atoms with Crippen molar-refractivity contribution in [2.75, 3.05) is 0 Å². The van der Waals surface area contributed by atoms with E-state index in [1.807, 2.05) is 0 Å². The number of rotatable bonds is 13. The van der Waals surface area contributed by atoms with Crippen LogP contribution in [0.3, 0.4) is 0 Å². The first-order valence-electron chi connectivity index (χ1n) is 10.5. The van der Waals surface area contributed by atoms with Crippen molar-refractivity contribution in [3.8, 4) is 5.75 Å². The summed E-state index contributed by atoms with van der Waals surface area (Å²) in [6, 6.07) is -0.807. The lowest BCUT2D eigenvalue weighted by atomic mass is 10.0. The van der Waals surface area contributed by atoms with Crippen LogP contribution in [0.1, 0.15) is 25.8 Å². The van der Waals surface area contributed by atoms with Crippen molar-refractivity contribution in [3.63, 3.8) is 0 Å². The van der Waals surface area contributed by atoms with Crippen molar-refractivity contribution in [3.05, 3.63) is 29.8 Å². The third-order valence-corrected chi connectivity index (χ3v) is 4.89. The van der Waals surface area contributed by atoms with Crippen LogP contribution in [0.4, 0.5) is 0 Å². The highest BCUT2D eigenvalue weighted by molar-refractivity contribution is 5.96. The molecule has 6 unspecified atom stereocenters. The lowest BCUT2D eigenvalue weighted by Gasteiger charge is -2.26. The second-order valence-electron chi connectivity index (χ2n) is 7.92. The van der Waals surface area contributed by atoms with Gasteiger partial charge in [-0.2, -0.15) is 0 Å². The quantitative estimate of drug-likeness (QED) is 0.133. The molecule has 0 saturated carbocycles. The van der Waals surface area contributed by atoms with Crippen molar-refractivity contribution in [2.24, 2.45) is 5.73 Å². The average Bonchev–Trinajstić information content (AvgIpc) is 2.76. The van der Waals surface area contributed by atoms with Gasteiger partial charge in [0.15, 0.2) is 0 Å². The van der Waals surface area contributed by atoms with Crippen molar-refractivity contribution < 1.29 is 49.5 Å². The smallest absolute Gasteiger partial charge is 0.326 e. The summed E-state index contributed by atoms with van der Waals surface area (Å²) in [5, 5.41) is 53.6. The summed E-state index contributed by atoms with van der Waals surface area (Å²) in [7, 11) is 0. The number of aliphatic hydroxyl groups is 2. The van der Waals surface area contributed by atoms with Crippen LogP contribution in [0.15, 0.2) is 24.3 Å². The van der Waals surface area contributed by atoms with Gasteiger partial charge in [0.05, 0.1) is 18.6 Å². The monoisotopic (exact) mass is 498 g/mol. The Kier molecular flexibility index (Phi) is 11.1. The number of amides is 3. The van der Waals surface area contributed by atoms with Crippen LogP contribution in [-0.4, -0.2) is 91.6 Å². The largest absolute Gasteiger partial charge is 0.508 e. The van der Waals surface area contributed by atoms with Crippen LogP contribution in [0, 0.1) is 0 Å². The fraction of sp³-hybridized carbons (Fsp3) is 0.476. The number of carbonyl (C=O) groups is 5. The molecule has 35 heavy (non-hydrogen) atoms. The number of nitrogens with one attached hydrogen (secondary N) is 3. The van der Waals surface area contributed by atoms with E-state index in [0.717, 1.165) is 6.92 Å². The van der Waals surface area contributed by atoms with Crippen LogP contribution in [-0.2, 0) is 30.4 Å². The van der Waals surface area contributed by atoms with E-state index < -0.39 is 72.5 Å². The Bertz CT molecular complexity index is 919. The highest BCUT2D eigenvalue weighted by Crippen LogP contribution is 2.12. The Labute approximate surface area is 200 Å². The molecule has 0 spiro atoms. The molecular formula is C21H30N4O10. The van der Waals surface area contributed by atoms with Crippen LogP contribution in [0.2, 0.25) is 0 Å². The summed E-state index contributed by atoms with van der Waals surface area (Å²) in [5.74, 6) is -6.21. The maximum atomic E-state index is 12.7. The van der Waals surface area contributed by atoms with Crippen molar-refractivity contribution in [1.82, 2.24) is 16.0 Å². The molecule has 194 valence electrons. The number of carboxylic acid groups (broad SMARTS) is 2. The fourth-order valence-electron chi connectivity index (χ4n) is 2.86. The molecule has 6 atom stereocenters. The SMILES string of the molecule is CC(O)C(N)C(=O)NC(CC(=O)O)C(=O)NC(C(=O)NC(Cc1ccc(O)cc1)C(=O)O)C(C)O. The standard InChI is InChI=1S/C21H30N4O10/c1-9(26)16(22)19(32)23-13(8-15(29)30)18(31)25-17(10(2)27)20(33)24-14(21(34)35)7-11-3-5-12(28)6-4-11/h3-6,9-10,13-14,16-17,26-28H,7-8,22H2,1-2H3,(H,23,32)(H,24,33)(H,25,31)(H,29,30)(H,34,35). The summed E-state index contributed by atoms with van der Waals surface area (Å²) in [6.07, 6.45) is -3.93. The predicted molar refractivity (Wildman–Crippen MR) is 119 cm³/mol. The van der Waals surface area contributed by atoms with E-state index in [1.54, 1.807) is 0 Å². The lowest BCUT2D eigenvalue weighted by molar-refractivity contribution is -0.144. The second kappa shape index (κ2) is 13.2. The minimum Gasteiger partial charge on any atom is -0.508 e. The number of carboxylic acids is 2. The number of hydrogen-bond donors (Lipinski definition) is 9. The molecule has 1 rings (SSSR count). The zero-order valence-electron chi connectivity index (χ0n) is 19.0. The Balaban J connectivity index is 2.99. The summed E-state index contributed by atoms with van der Waals surface area (Å²) in [6.45, 7) is 2.34. The molecule has 0 saturated heterocycles. The van der Waals surface area contributed by atoms with Crippen molar-refractivity contribution in [1.29, 1.82) is 0 Å². The van der Waals surface area contributed by atoms with Crippen LogP contribution < -0.4 is 21.7 Å². The van der Waals surface area contributed by atoms with Crippen LogP contribution >= 0.6 is 0 Å². The maximum absolute atomic E-state index is 12.7. The minimum absolute atomic E-state index is 0.0426. The first kappa shape index (κ1) is 29.3. The van der Waals surface area contributed by atoms with E-state index in [4.69, 9.17) is 10.8 Å². The Hall–Kier alpha value is -3.75. The number of phenolic OH excluding ortho intramolecular Hbond substituents is 1. The van der Waals surface area contributed by atoms with E-state index in [1.165, 1.54) is 31.2 Å². The molecule has 1 aromatic rings. The van der Waals surface area contributed by atoms with E-state index in [-0.39, 0.29) is 12.2 Å². The molecular weight excluding hydrogens is 468 g/mol. The normalized spacial score (nSPS) is 16.0. The molecule has 0 fully saturated rings. The van der Waals surface area contributed by atoms with Crippen LogP contribution in [0.5, 0.6) is 5.75 Å². The molecule has 14 nitrogen and oxygen atoms in total. The van der Waals surface area contributed by atoms with Gasteiger partial charge in [0.25, 0.3) is 0 Å². The molecule has 0 radical (unpaired) electrons. The van der Waals surface area contributed by atoms with Gasteiger partial charge in [0, 0.05) is 6.42 Å². The van der Waals surface area contributed by atoms with Gasteiger partial charge in [0.1, 0.15) is 29.9 Å². The Morgan fingerprint density at radius 3 is 1.83 bits per heavy atom. The first-order chi connectivity index (χ1) is 16.2. The van der Waals surface area contributed by atoms with E-state index in [2.05, 4.69) is 16.0 Å². The summed E-state index contributed by atoms with van der Waals surface area (Å²) in [5.41, 5.74) is 5.94. The van der Waals surface area contributed by atoms with Gasteiger partial charge in [0.2, 0.25) is 17.7 Å². The van der Waals surface area contributed by atoms with Crippen LogP contribution in [0.25, 0.3) is 0 Å². The van der Waals surface area contributed by atoms with Gasteiger partial charge >= 0.3 is 11.9 Å². The Morgan fingerprint density at radius 1 is 0.829 bits per heavy atom. The molecule has 0 aliphatic rings. The number of benzene rings is 1. The molecule has 3 amide bonds. The fourth-order valence-corrected chi connectivity index (χ4v) is 2.86. The number of hydrogen-bond acceptors (Lipinski definition) is 9. The van der Waals surface area contributed by atoms with E-state index >= 15 is 0 Å². The summed E-state index contributed by atoms with van der Waals surface area (Å²) < 4.78 is 0. The van der Waals surface area contributed by atoms with Crippen molar-refractivity contribution >= 4 is 29.7 Å². The van der Waals surface area contributed by atoms with Gasteiger partial charge in [-0.3, -0.25) is 19.2 Å². The third-order valence-electron chi connectivity index (χ3n) is 4.89. The molecule has 0 aliphatic heterocycles. The molecule has 1 aromatic carbocycles. The second-order valence-corrected chi connectivity index (χ2v) is 7.92. The molecule has 14 heteroatoms. The zero-order valence-corrected chi connectivity index (χ0v) is 19.0. The van der Waals surface area contributed by atoms with E-state index in [0.29, 0.717) is 5.56 Å².